The number of hydrogen-bond donors (Lipinski definition) is 2. The zero-order valence-electron chi connectivity index (χ0n) is 9.93. The maximum atomic E-state index is 11.6. The van der Waals surface area contributed by atoms with E-state index in [-0.39, 0.29) is 13.2 Å². The summed E-state index contributed by atoms with van der Waals surface area (Å²) in [5.41, 5.74) is -0.457. The Hall–Kier alpha value is -1.10. The molecule has 0 atom stereocenters. The second kappa shape index (κ2) is 7.48. The topological polar surface area (TPSA) is 102 Å². The van der Waals surface area contributed by atoms with Gasteiger partial charge in [-0.15, -0.1) is 6.42 Å². The summed E-state index contributed by atoms with van der Waals surface area (Å²) in [6, 6.07) is 1.65. The standard InChI is InChI=1S/C10H13N2O5PS/c1-2-7-19-9-3-4-12(10(13)11-9)5-6-17-8-18(14,15)16/h1,3-4H,5-8H2,(H2,14,15,16). The van der Waals surface area contributed by atoms with Gasteiger partial charge in [0.2, 0.25) is 0 Å². The summed E-state index contributed by atoms with van der Waals surface area (Å²) >= 11 is 1.28. The monoisotopic (exact) mass is 304 g/mol. The second-order valence-corrected chi connectivity index (χ2v) is 6.02. The van der Waals surface area contributed by atoms with Crippen molar-refractivity contribution in [2.24, 2.45) is 0 Å². The van der Waals surface area contributed by atoms with Gasteiger partial charge in [-0.1, -0.05) is 17.7 Å². The normalized spacial score (nSPS) is 11.2. The van der Waals surface area contributed by atoms with Crippen LogP contribution in [0.2, 0.25) is 0 Å². The molecule has 1 rings (SSSR count). The van der Waals surface area contributed by atoms with Crippen LogP contribution in [0.3, 0.4) is 0 Å². The molecule has 0 saturated carbocycles. The first-order valence-electron chi connectivity index (χ1n) is 5.18. The fourth-order valence-corrected chi connectivity index (χ4v) is 2.02. The molecule has 7 nitrogen and oxygen atoms in total. The van der Waals surface area contributed by atoms with Crippen molar-refractivity contribution in [2.45, 2.75) is 11.6 Å². The molecule has 0 aliphatic rings. The van der Waals surface area contributed by atoms with Gasteiger partial charge < -0.3 is 14.5 Å². The summed E-state index contributed by atoms with van der Waals surface area (Å²) in [6.07, 6.45) is 5.97. The lowest BCUT2D eigenvalue weighted by Gasteiger charge is -2.07. The zero-order valence-corrected chi connectivity index (χ0v) is 11.6. The van der Waals surface area contributed by atoms with Crippen LogP contribution in [0.4, 0.5) is 0 Å². The van der Waals surface area contributed by atoms with Gasteiger partial charge in [0, 0.05) is 6.20 Å². The maximum Gasteiger partial charge on any atom is 0.350 e. The third-order valence-electron chi connectivity index (χ3n) is 1.89. The maximum absolute atomic E-state index is 11.6. The molecule has 0 aromatic carbocycles. The molecule has 0 fully saturated rings. The third kappa shape index (κ3) is 6.57. The van der Waals surface area contributed by atoms with Crippen LogP contribution in [0.5, 0.6) is 0 Å². The molecule has 0 spiro atoms. The Bertz CT molecular complexity index is 562. The molecule has 0 saturated heterocycles. The van der Waals surface area contributed by atoms with Gasteiger partial charge in [-0.2, -0.15) is 4.98 Å². The van der Waals surface area contributed by atoms with Crippen LogP contribution in [0, 0.1) is 12.3 Å². The largest absolute Gasteiger partial charge is 0.367 e. The molecule has 0 bridgehead atoms. The van der Waals surface area contributed by atoms with Gasteiger partial charge in [0.05, 0.1) is 18.9 Å². The summed E-state index contributed by atoms with van der Waals surface area (Å²) < 4.78 is 16.6. The van der Waals surface area contributed by atoms with Crippen molar-refractivity contribution >= 4 is 19.4 Å². The molecule has 104 valence electrons. The number of nitrogens with zero attached hydrogens (tertiary/aromatic N) is 2. The van der Waals surface area contributed by atoms with Gasteiger partial charge in [-0.05, 0) is 6.07 Å². The molecule has 9 heteroatoms. The highest BCUT2D eigenvalue weighted by Gasteiger charge is 2.12. The van der Waals surface area contributed by atoms with Crippen molar-refractivity contribution in [3.8, 4) is 12.3 Å². The van der Waals surface area contributed by atoms with E-state index in [2.05, 4.69) is 10.9 Å². The van der Waals surface area contributed by atoms with Gasteiger partial charge in [-0.3, -0.25) is 9.13 Å². The average molecular weight is 304 g/mol. The van der Waals surface area contributed by atoms with E-state index < -0.39 is 19.6 Å². The Labute approximate surface area is 114 Å². The van der Waals surface area contributed by atoms with Crippen molar-refractivity contribution in [2.75, 3.05) is 18.7 Å². The lowest BCUT2D eigenvalue weighted by Crippen LogP contribution is -2.24. The highest BCUT2D eigenvalue weighted by molar-refractivity contribution is 7.99. The highest BCUT2D eigenvalue weighted by atomic mass is 32.2. The number of terminal acetylenes is 1. The van der Waals surface area contributed by atoms with Crippen molar-refractivity contribution in [1.82, 2.24) is 9.55 Å². The minimum atomic E-state index is -4.17. The molecule has 0 amide bonds. The van der Waals surface area contributed by atoms with Gasteiger partial charge in [0.15, 0.2) is 0 Å². The Kier molecular flexibility index (Phi) is 6.28. The van der Waals surface area contributed by atoms with Crippen molar-refractivity contribution in [1.29, 1.82) is 0 Å². The van der Waals surface area contributed by atoms with Gasteiger partial charge in [0.1, 0.15) is 11.4 Å². The van der Waals surface area contributed by atoms with Crippen molar-refractivity contribution in [3.63, 3.8) is 0 Å². The first kappa shape index (κ1) is 16.0. The average Bonchev–Trinajstić information content (AvgIpc) is 2.32. The minimum absolute atomic E-state index is 0.0174. The summed E-state index contributed by atoms with van der Waals surface area (Å²) in [4.78, 5) is 32.5. The molecule has 0 aliphatic carbocycles. The van der Waals surface area contributed by atoms with Crippen LogP contribution in [-0.4, -0.2) is 38.0 Å². The van der Waals surface area contributed by atoms with Crippen molar-refractivity contribution in [3.05, 3.63) is 22.7 Å². The van der Waals surface area contributed by atoms with Gasteiger partial charge >= 0.3 is 13.3 Å². The number of hydrogen-bond acceptors (Lipinski definition) is 5. The highest BCUT2D eigenvalue weighted by Crippen LogP contribution is 2.33. The summed E-state index contributed by atoms with van der Waals surface area (Å²) in [5.74, 6) is 2.86. The Morgan fingerprint density at radius 1 is 1.58 bits per heavy atom. The molecule has 1 heterocycles. The van der Waals surface area contributed by atoms with Crippen LogP contribution in [0.25, 0.3) is 0 Å². The van der Waals surface area contributed by atoms with E-state index in [4.69, 9.17) is 20.9 Å². The number of rotatable bonds is 7. The van der Waals surface area contributed by atoms with Crippen LogP contribution in [0.15, 0.2) is 22.1 Å². The molecule has 0 unspecified atom stereocenters. The molecule has 1 aromatic heterocycles. The quantitative estimate of drug-likeness (QED) is 0.242. The zero-order chi connectivity index (χ0) is 14.3. The Morgan fingerprint density at radius 3 is 2.89 bits per heavy atom. The lowest BCUT2D eigenvalue weighted by molar-refractivity contribution is 0.147. The number of ether oxygens (including phenoxy) is 1. The van der Waals surface area contributed by atoms with Crippen molar-refractivity contribution < 1.29 is 19.1 Å². The van der Waals surface area contributed by atoms with E-state index in [1.165, 1.54) is 22.5 Å². The second-order valence-electron chi connectivity index (χ2n) is 3.44. The minimum Gasteiger partial charge on any atom is -0.367 e. The van der Waals surface area contributed by atoms with Crippen LogP contribution in [0.1, 0.15) is 0 Å². The van der Waals surface area contributed by atoms with Crippen LogP contribution in [-0.2, 0) is 15.8 Å². The van der Waals surface area contributed by atoms with Gasteiger partial charge in [-0.25, -0.2) is 4.79 Å². The molecule has 0 aliphatic heterocycles. The smallest absolute Gasteiger partial charge is 0.350 e. The number of thioether (sulfide) groups is 1. The van der Waals surface area contributed by atoms with E-state index in [9.17, 15) is 9.36 Å². The molecular formula is C10H13N2O5PS. The van der Waals surface area contributed by atoms with E-state index in [1.807, 2.05) is 0 Å². The Balaban J connectivity index is 2.49. The van der Waals surface area contributed by atoms with E-state index in [0.717, 1.165) is 0 Å². The fraction of sp³-hybridized carbons (Fsp3) is 0.400. The van der Waals surface area contributed by atoms with E-state index in [1.54, 1.807) is 6.07 Å². The third-order valence-corrected chi connectivity index (χ3v) is 3.24. The molecule has 19 heavy (non-hydrogen) atoms. The molecular weight excluding hydrogens is 291 g/mol. The molecule has 1 aromatic rings. The summed E-state index contributed by atoms with van der Waals surface area (Å²) in [7, 11) is -4.17. The Morgan fingerprint density at radius 2 is 2.32 bits per heavy atom. The predicted molar refractivity (Wildman–Crippen MR) is 70.9 cm³/mol. The van der Waals surface area contributed by atoms with E-state index >= 15 is 0 Å². The summed E-state index contributed by atoms with van der Waals surface area (Å²) in [6.45, 7) is 0.190. The number of aromatic nitrogens is 2. The van der Waals surface area contributed by atoms with Crippen LogP contribution >= 0.6 is 19.4 Å². The van der Waals surface area contributed by atoms with E-state index in [0.29, 0.717) is 10.8 Å². The van der Waals surface area contributed by atoms with Gasteiger partial charge in [0.25, 0.3) is 0 Å². The predicted octanol–water partition coefficient (Wildman–Crippen LogP) is 0.120. The molecule has 2 N–H and O–H groups in total. The fourth-order valence-electron chi connectivity index (χ4n) is 1.13. The lowest BCUT2D eigenvalue weighted by atomic mass is 10.6. The summed E-state index contributed by atoms with van der Waals surface area (Å²) in [5, 5.41) is 0.537. The SMILES string of the molecule is C#CCSc1ccn(CCOCP(=O)(O)O)c(=O)n1. The van der Waals surface area contributed by atoms with Crippen LogP contribution < -0.4 is 5.69 Å². The first-order chi connectivity index (χ1) is 8.92. The molecule has 0 radical (unpaired) electrons. The first-order valence-corrected chi connectivity index (χ1v) is 7.97.